The summed E-state index contributed by atoms with van der Waals surface area (Å²) in [6.07, 6.45) is 0. The van der Waals surface area contributed by atoms with E-state index in [-0.39, 0.29) is 17.6 Å². The molecule has 0 bridgehead atoms. The van der Waals surface area contributed by atoms with E-state index in [1.807, 2.05) is 19.9 Å². The molecule has 0 spiro atoms. The van der Waals surface area contributed by atoms with Crippen molar-refractivity contribution in [2.75, 3.05) is 12.4 Å². The van der Waals surface area contributed by atoms with Crippen molar-refractivity contribution in [1.82, 2.24) is 0 Å². The number of benzene rings is 2. The minimum absolute atomic E-state index is 0.175. The molecule has 0 aliphatic rings. The van der Waals surface area contributed by atoms with Gasteiger partial charge in [0, 0.05) is 11.3 Å². The molecule has 2 aromatic rings. The van der Waals surface area contributed by atoms with Crippen LogP contribution in [0.3, 0.4) is 0 Å². The molecule has 0 amide bonds. The number of aromatic hydroxyl groups is 1. The van der Waals surface area contributed by atoms with Gasteiger partial charge in [-0.3, -0.25) is 0 Å². The summed E-state index contributed by atoms with van der Waals surface area (Å²) in [5.41, 5.74) is 2.22. The van der Waals surface area contributed by atoms with Crippen molar-refractivity contribution in [2.45, 2.75) is 19.9 Å². The minimum atomic E-state index is -0.283. The topological polar surface area (TPSA) is 41.5 Å². The highest BCUT2D eigenvalue weighted by molar-refractivity contribution is 5.50. The Bertz CT molecular complexity index is 593. The molecular formula is C16H18FNO2. The van der Waals surface area contributed by atoms with Gasteiger partial charge >= 0.3 is 0 Å². The lowest BCUT2D eigenvalue weighted by atomic mass is 10.1. The second-order valence-corrected chi connectivity index (χ2v) is 4.81. The smallest absolute Gasteiger partial charge is 0.125 e. The largest absolute Gasteiger partial charge is 0.508 e. The van der Waals surface area contributed by atoms with E-state index in [0.29, 0.717) is 17.0 Å². The van der Waals surface area contributed by atoms with Gasteiger partial charge in [-0.25, -0.2) is 4.39 Å². The maximum atomic E-state index is 13.4. The van der Waals surface area contributed by atoms with E-state index in [0.717, 1.165) is 5.56 Å². The maximum Gasteiger partial charge on any atom is 0.125 e. The van der Waals surface area contributed by atoms with E-state index >= 15 is 0 Å². The third-order valence-corrected chi connectivity index (χ3v) is 3.13. The Morgan fingerprint density at radius 3 is 2.60 bits per heavy atom. The van der Waals surface area contributed by atoms with Crippen LogP contribution in [0.5, 0.6) is 11.5 Å². The van der Waals surface area contributed by atoms with Crippen LogP contribution in [0.15, 0.2) is 36.4 Å². The first-order chi connectivity index (χ1) is 9.49. The number of halogens is 1. The van der Waals surface area contributed by atoms with Crippen molar-refractivity contribution in [1.29, 1.82) is 0 Å². The number of anilines is 1. The van der Waals surface area contributed by atoms with Crippen LogP contribution in [0, 0.1) is 12.7 Å². The fourth-order valence-corrected chi connectivity index (χ4v) is 2.15. The first-order valence-corrected chi connectivity index (χ1v) is 6.40. The molecule has 2 aromatic carbocycles. The predicted molar refractivity (Wildman–Crippen MR) is 77.8 cm³/mol. The Labute approximate surface area is 118 Å². The Kier molecular flexibility index (Phi) is 4.13. The van der Waals surface area contributed by atoms with Crippen LogP contribution < -0.4 is 10.1 Å². The molecule has 3 nitrogen and oxygen atoms in total. The molecule has 0 aliphatic heterocycles. The standard InChI is InChI=1S/C16H18FNO2/c1-10-6-12(17)8-13(7-10)18-11(2)15-9-14(20-3)4-5-16(15)19/h4-9,11,18-19H,1-3H3. The van der Waals surface area contributed by atoms with Gasteiger partial charge in [0.05, 0.1) is 13.2 Å². The van der Waals surface area contributed by atoms with Gasteiger partial charge in [0.15, 0.2) is 0 Å². The third-order valence-electron chi connectivity index (χ3n) is 3.13. The summed E-state index contributed by atoms with van der Waals surface area (Å²) in [7, 11) is 1.57. The molecule has 0 saturated heterocycles. The Hall–Kier alpha value is -2.23. The molecule has 1 unspecified atom stereocenters. The number of hydrogen-bond acceptors (Lipinski definition) is 3. The highest BCUT2D eigenvalue weighted by Gasteiger charge is 2.12. The summed E-state index contributed by atoms with van der Waals surface area (Å²) in [6.45, 7) is 3.73. The molecule has 0 aromatic heterocycles. The lowest BCUT2D eigenvalue weighted by molar-refractivity contribution is 0.410. The zero-order chi connectivity index (χ0) is 14.7. The van der Waals surface area contributed by atoms with E-state index in [1.54, 1.807) is 25.3 Å². The summed E-state index contributed by atoms with van der Waals surface area (Å²) in [5.74, 6) is 0.565. The Balaban J connectivity index is 2.25. The van der Waals surface area contributed by atoms with Crippen LogP contribution in [-0.4, -0.2) is 12.2 Å². The molecule has 2 rings (SSSR count). The summed E-state index contributed by atoms with van der Waals surface area (Å²) in [4.78, 5) is 0. The monoisotopic (exact) mass is 275 g/mol. The SMILES string of the molecule is COc1ccc(O)c(C(C)Nc2cc(C)cc(F)c2)c1. The van der Waals surface area contributed by atoms with Crippen molar-refractivity contribution in [3.05, 3.63) is 53.3 Å². The van der Waals surface area contributed by atoms with E-state index < -0.39 is 0 Å². The molecule has 2 N–H and O–H groups in total. The zero-order valence-electron chi connectivity index (χ0n) is 11.8. The predicted octanol–water partition coefficient (Wildman–Crippen LogP) is 4.02. The quantitative estimate of drug-likeness (QED) is 0.885. The normalized spacial score (nSPS) is 12.0. The van der Waals surface area contributed by atoms with Crippen molar-refractivity contribution in [2.24, 2.45) is 0 Å². The minimum Gasteiger partial charge on any atom is -0.508 e. The lowest BCUT2D eigenvalue weighted by Crippen LogP contribution is -2.07. The molecule has 4 heteroatoms. The highest BCUT2D eigenvalue weighted by atomic mass is 19.1. The second kappa shape index (κ2) is 5.82. The molecule has 0 heterocycles. The summed E-state index contributed by atoms with van der Waals surface area (Å²) in [6, 6.07) is 9.63. The lowest BCUT2D eigenvalue weighted by Gasteiger charge is -2.18. The van der Waals surface area contributed by atoms with Crippen LogP contribution in [-0.2, 0) is 0 Å². The van der Waals surface area contributed by atoms with Crippen molar-refractivity contribution in [3.63, 3.8) is 0 Å². The van der Waals surface area contributed by atoms with Crippen LogP contribution in [0.1, 0.15) is 24.1 Å². The number of hydrogen-bond donors (Lipinski definition) is 2. The number of rotatable bonds is 4. The first-order valence-electron chi connectivity index (χ1n) is 6.40. The third kappa shape index (κ3) is 3.20. The van der Waals surface area contributed by atoms with Gasteiger partial charge in [0.2, 0.25) is 0 Å². The Morgan fingerprint density at radius 1 is 1.20 bits per heavy atom. The summed E-state index contributed by atoms with van der Waals surface area (Å²) >= 11 is 0. The van der Waals surface area contributed by atoms with Crippen molar-refractivity contribution < 1.29 is 14.2 Å². The fraction of sp³-hybridized carbons (Fsp3) is 0.250. The molecule has 106 valence electrons. The molecule has 0 saturated carbocycles. The second-order valence-electron chi connectivity index (χ2n) is 4.81. The van der Waals surface area contributed by atoms with E-state index in [1.165, 1.54) is 12.1 Å². The van der Waals surface area contributed by atoms with Gasteiger partial charge in [0.1, 0.15) is 17.3 Å². The van der Waals surface area contributed by atoms with Crippen LogP contribution in [0.2, 0.25) is 0 Å². The highest BCUT2D eigenvalue weighted by Crippen LogP contribution is 2.30. The average molecular weight is 275 g/mol. The van der Waals surface area contributed by atoms with Crippen LogP contribution in [0.4, 0.5) is 10.1 Å². The van der Waals surface area contributed by atoms with Crippen LogP contribution >= 0.6 is 0 Å². The molecule has 20 heavy (non-hydrogen) atoms. The number of ether oxygens (including phenoxy) is 1. The number of nitrogens with one attached hydrogen (secondary N) is 1. The zero-order valence-corrected chi connectivity index (χ0v) is 11.8. The van der Waals surface area contributed by atoms with Crippen molar-refractivity contribution >= 4 is 5.69 Å². The molecule has 0 fully saturated rings. The molecule has 1 atom stereocenters. The maximum absolute atomic E-state index is 13.4. The molecule has 0 radical (unpaired) electrons. The van der Waals surface area contributed by atoms with E-state index in [2.05, 4.69) is 5.32 Å². The van der Waals surface area contributed by atoms with E-state index in [4.69, 9.17) is 4.74 Å². The summed E-state index contributed by atoms with van der Waals surface area (Å²) < 4.78 is 18.5. The van der Waals surface area contributed by atoms with Gasteiger partial charge in [-0.2, -0.15) is 0 Å². The Morgan fingerprint density at radius 2 is 1.95 bits per heavy atom. The average Bonchev–Trinajstić information content (AvgIpc) is 2.37. The van der Waals surface area contributed by atoms with Crippen molar-refractivity contribution in [3.8, 4) is 11.5 Å². The first kappa shape index (κ1) is 14.2. The van der Waals surface area contributed by atoms with Gasteiger partial charge in [-0.15, -0.1) is 0 Å². The van der Waals surface area contributed by atoms with Gasteiger partial charge < -0.3 is 15.2 Å². The molecule has 0 aliphatic carbocycles. The number of aryl methyl sites for hydroxylation is 1. The number of phenols is 1. The fourth-order valence-electron chi connectivity index (χ4n) is 2.15. The molecular weight excluding hydrogens is 257 g/mol. The van der Waals surface area contributed by atoms with Gasteiger partial charge in [0.25, 0.3) is 0 Å². The van der Waals surface area contributed by atoms with E-state index in [9.17, 15) is 9.50 Å². The van der Waals surface area contributed by atoms with Crippen LogP contribution in [0.25, 0.3) is 0 Å². The van der Waals surface area contributed by atoms with Gasteiger partial charge in [-0.05, 0) is 55.8 Å². The summed E-state index contributed by atoms with van der Waals surface area (Å²) in [5, 5.41) is 13.1. The number of methoxy groups -OCH3 is 1. The number of phenolic OH excluding ortho intramolecular Hbond substituents is 1. The van der Waals surface area contributed by atoms with Gasteiger partial charge in [-0.1, -0.05) is 0 Å².